The Morgan fingerprint density at radius 3 is 2.96 bits per heavy atom. The Balaban J connectivity index is 1.49. The van der Waals surface area contributed by atoms with Crippen LogP contribution in [0.1, 0.15) is 41.9 Å². The zero-order chi connectivity index (χ0) is 17.4. The van der Waals surface area contributed by atoms with Crippen molar-refractivity contribution in [2.45, 2.75) is 37.5 Å². The summed E-state index contributed by atoms with van der Waals surface area (Å²) in [4.78, 5) is 6.68. The van der Waals surface area contributed by atoms with Gasteiger partial charge in [-0.1, -0.05) is 0 Å². The molecule has 0 radical (unpaired) electrons. The average Bonchev–Trinajstić information content (AvgIpc) is 3.20. The van der Waals surface area contributed by atoms with Crippen LogP contribution in [0.2, 0.25) is 0 Å². The second-order valence-corrected chi connectivity index (χ2v) is 7.29. The second-order valence-electron chi connectivity index (χ2n) is 7.29. The lowest BCUT2D eigenvalue weighted by Gasteiger charge is -2.40. The fourth-order valence-electron chi connectivity index (χ4n) is 4.28. The topological polar surface area (TPSA) is 60.1 Å². The van der Waals surface area contributed by atoms with Gasteiger partial charge in [0.2, 0.25) is 0 Å². The third-order valence-electron chi connectivity index (χ3n) is 5.70. The van der Waals surface area contributed by atoms with Crippen LogP contribution in [0.25, 0.3) is 0 Å². The summed E-state index contributed by atoms with van der Waals surface area (Å²) < 4.78 is 10.3. The Hall–Kier alpha value is -1.70. The molecule has 0 aromatic carbocycles. The van der Waals surface area contributed by atoms with E-state index in [9.17, 15) is 0 Å². The third kappa shape index (κ3) is 3.12. The van der Waals surface area contributed by atoms with E-state index in [0.29, 0.717) is 6.04 Å². The summed E-state index contributed by atoms with van der Waals surface area (Å²) in [5, 5.41) is 8.21. The molecule has 7 heteroatoms. The molecule has 1 saturated heterocycles. The molecule has 2 aromatic rings. The van der Waals surface area contributed by atoms with Gasteiger partial charge in [-0.05, 0) is 26.3 Å². The molecular weight excluding hydrogens is 316 g/mol. The SMILES string of the molecule is CN1CCO[C@@H](CNC2CCCc3c2cnn3C)[C@@H]1c1cncn1C. The highest BCUT2D eigenvalue weighted by molar-refractivity contribution is 5.24. The molecule has 7 nitrogen and oxygen atoms in total. The van der Waals surface area contributed by atoms with E-state index in [0.717, 1.165) is 32.5 Å². The van der Waals surface area contributed by atoms with Crippen LogP contribution in [-0.2, 0) is 25.3 Å². The van der Waals surface area contributed by atoms with E-state index in [4.69, 9.17) is 4.74 Å². The fraction of sp³-hybridized carbons (Fsp3) is 0.667. The zero-order valence-corrected chi connectivity index (χ0v) is 15.4. The number of hydrogen-bond acceptors (Lipinski definition) is 5. The van der Waals surface area contributed by atoms with Crippen LogP contribution in [0.3, 0.4) is 0 Å². The van der Waals surface area contributed by atoms with E-state index in [1.807, 2.05) is 30.5 Å². The number of morpholine rings is 1. The van der Waals surface area contributed by atoms with Crippen molar-refractivity contribution in [3.8, 4) is 0 Å². The van der Waals surface area contributed by atoms with Gasteiger partial charge in [0.05, 0.1) is 37.0 Å². The minimum atomic E-state index is 0.121. The van der Waals surface area contributed by atoms with Crippen molar-refractivity contribution in [2.24, 2.45) is 14.1 Å². The highest BCUT2D eigenvalue weighted by Gasteiger charge is 2.34. The summed E-state index contributed by atoms with van der Waals surface area (Å²) >= 11 is 0. The summed E-state index contributed by atoms with van der Waals surface area (Å²) in [6.45, 7) is 2.56. The van der Waals surface area contributed by atoms with Crippen molar-refractivity contribution in [1.82, 2.24) is 29.5 Å². The van der Waals surface area contributed by atoms with Crippen LogP contribution in [0.15, 0.2) is 18.7 Å². The van der Waals surface area contributed by atoms with E-state index in [1.165, 1.54) is 23.4 Å². The predicted molar refractivity (Wildman–Crippen MR) is 95.2 cm³/mol. The minimum Gasteiger partial charge on any atom is -0.374 e. The van der Waals surface area contributed by atoms with Gasteiger partial charge >= 0.3 is 0 Å². The number of imidazole rings is 1. The van der Waals surface area contributed by atoms with E-state index in [1.54, 1.807) is 0 Å². The normalized spacial score (nSPS) is 27.4. The number of nitrogens with one attached hydrogen (secondary N) is 1. The number of likely N-dealkylation sites (N-methyl/N-ethyl adjacent to an activating group) is 1. The molecule has 2 aromatic heterocycles. The van der Waals surface area contributed by atoms with Crippen molar-refractivity contribution < 1.29 is 4.74 Å². The van der Waals surface area contributed by atoms with Crippen LogP contribution in [-0.4, -0.2) is 57.1 Å². The van der Waals surface area contributed by atoms with E-state index < -0.39 is 0 Å². The molecule has 2 aliphatic rings. The van der Waals surface area contributed by atoms with Crippen LogP contribution in [0.5, 0.6) is 0 Å². The van der Waals surface area contributed by atoms with Gasteiger partial charge in [0, 0.05) is 50.7 Å². The lowest BCUT2D eigenvalue weighted by Crippen LogP contribution is -2.48. The Kier molecular flexibility index (Phi) is 4.62. The van der Waals surface area contributed by atoms with E-state index >= 15 is 0 Å². The lowest BCUT2D eigenvalue weighted by molar-refractivity contribution is -0.0646. The molecule has 3 atom stereocenters. The number of nitrogens with zero attached hydrogens (tertiary/aromatic N) is 5. The van der Waals surface area contributed by atoms with Crippen molar-refractivity contribution in [3.63, 3.8) is 0 Å². The first-order valence-electron chi connectivity index (χ1n) is 9.17. The molecule has 4 rings (SSSR count). The second kappa shape index (κ2) is 6.90. The highest BCUT2D eigenvalue weighted by Crippen LogP contribution is 2.31. The molecule has 0 saturated carbocycles. The van der Waals surface area contributed by atoms with Crippen LogP contribution >= 0.6 is 0 Å². The van der Waals surface area contributed by atoms with Crippen molar-refractivity contribution >= 4 is 0 Å². The van der Waals surface area contributed by atoms with Gasteiger partial charge in [0.15, 0.2) is 0 Å². The maximum atomic E-state index is 6.16. The van der Waals surface area contributed by atoms with Crippen LogP contribution in [0, 0.1) is 0 Å². The summed E-state index contributed by atoms with van der Waals surface area (Å²) in [6.07, 6.45) is 9.48. The smallest absolute Gasteiger partial charge is 0.0946 e. The Morgan fingerprint density at radius 2 is 2.16 bits per heavy atom. The molecule has 1 unspecified atom stereocenters. The summed E-state index contributed by atoms with van der Waals surface area (Å²) in [5.41, 5.74) is 3.93. The molecule has 136 valence electrons. The quantitative estimate of drug-likeness (QED) is 0.903. The maximum Gasteiger partial charge on any atom is 0.0946 e. The van der Waals surface area contributed by atoms with Gasteiger partial charge < -0.3 is 14.6 Å². The highest BCUT2D eigenvalue weighted by atomic mass is 16.5. The molecule has 1 N–H and O–H groups in total. The first kappa shape index (κ1) is 16.8. The zero-order valence-electron chi connectivity index (χ0n) is 15.4. The van der Waals surface area contributed by atoms with Gasteiger partial charge in [-0.3, -0.25) is 9.58 Å². The molecular formula is C18H28N6O. The maximum absolute atomic E-state index is 6.16. The molecule has 3 heterocycles. The van der Waals surface area contributed by atoms with Crippen LogP contribution in [0.4, 0.5) is 0 Å². The van der Waals surface area contributed by atoms with Crippen LogP contribution < -0.4 is 5.32 Å². The lowest BCUT2D eigenvalue weighted by atomic mass is 9.92. The first-order chi connectivity index (χ1) is 12.1. The van der Waals surface area contributed by atoms with Gasteiger partial charge in [0.25, 0.3) is 0 Å². The van der Waals surface area contributed by atoms with Crippen molar-refractivity contribution in [1.29, 1.82) is 0 Å². The Labute approximate surface area is 149 Å². The van der Waals surface area contributed by atoms with Crippen molar-refractivity contribution in [2.75, 3.05) is 26.7 Å². The molecule has 1 aliphatic heterocycles. The standard InChI is InChI=1S/C18H28N6O/c1-22-7-8-25-17(18(22)16-10-19-12-23(16)2)11-20-14-5-4-6-15-13(14)9-21-24(15)3/h9-10,12,14,17-18,20H,4-8,11H2,1-3H3/t14?,17-,18-/m0/s1. The summed E-state index contributed by atoms with van der Waals surface area (Å²) in [5.74, 6) is 0. The predicted octanol–water partition coefficient (Wildman–Crippen LogP) is 1.19. The van der Waals surface area contributed by atoms with Crippen molar-refractivity contribution in [3.05, 3.63) is 35.7 Å². The number of ether oxygens (including phenoxy) is 1. The third-order valence-corrected chi connectivity index (χ3v) is 5.70. The van der Waals surface area contributed by atoms with E-state index in [2.05, 4.69) is 39.0 Å². The van der Waals surface area contributed by atoms with E-state index in [-0.39, 0.29) is 12.1 Å². The van der Waals surface area contributed by atoms with Gasteiger partial charge in [0.1, 0.15) is 0 Å². The monoisotopic (exact) mass is 344 g/mol. The number of aromatic nitrogens is 4. The fourth-order valence-corrected chi connectivity index (χ4v) is 4.28. The molecule has 1 fully saturated rings. The molecule has 0 amide bonds. The van der Waals surface area contributed by atoms with Gasteiger partial charge in [-0.2, -0.15) is 5.10 Å². The van der Waals surface area contributed by atoms with Gasteiger partial charge in [-0.25, -0.2) is 4.98 Å². The first-order valence-corrected chi connectivity index (χ1v) is 9.17. The molecule has 0 bridgehead atoms. The molecule has 0 spiro atoms. The minimum absolute atomic E-state index is 0.121. The molecule has 1 aliphatic carbocycles. The molecule has 25 heavy (non-hydrogen) atoms. The number of fused-ring (bicyclic) bond motifs is 1. The Morgan fingerprint density at radius 1 is 1.28 bits per heavy atom. The number of rotatable bonds is 4. The Bertz CT molecular complexity index is 723. The number of aryl methyl sites for hydroxylation is 2. The number of hydrogen-bond donors (Lipinski definition) is 1. The average molecular weight is 344 g/mol. The van der Waals surface area contributed by atoms with Gasteiger partial charge in [-0.15, -0.1) is 0 Å². The largest absolute Gasteiger partial charge is 0.374 e. The summed E-state index contributed by atoms with van der Waals surface area (Å²) in [6, 6.07) is 0.603. The summed E-state index contributed by atoms with van der Waals surface area (Å²) in [7, 11) is 6.27.